The van der Waals surface area contributed by atoms with Gasteiger partial charge in [0.25, 0.3) is 0 Å². The number of aromatic nitrogens is 2. The van der Waals surface area contributed by atoms with E-state index in [9.17, 15) is 4.79 Å². The molecule has 7 nitrogen and oxygen atoms in total. The second kappa shape index (κ2) is 9.60. The van der Waals surface area contributed by atoms with Crippen molar-refractivity contribution < 1.29 is 9.53 Å². The molecule has 0 aliphatic heterocycles. The average molecular weight is 357 g/mol. The van der Waals surface area contributed by atoms with Gasteiger partial charge >= 0.3 is 5.97 Å². The number of carbonyl (C=O) groups excluding carboxylic acids is 1. The van der Waals surface area contributed by atoms with E-state index in [2.05, 4.69) is 31.5 Å². The maximum absolute atomic E-state index is 11.2. The molecular weight excluding hydrogens is 330 g/mol. The molecule has 2 rings (SSSR count). The fourth-order valence-corrected chi connectivity index (χ4v) is 2.61. The highest BCUT2D eigenvalue weighted by molar-refractivity contribution is 5.80. The molecule has 0 aliphatic carbocycles. The summed E-state index contributed by atoms with van der Waals surface area (Å²) >= 11 is 0. The number of aryl methyl sites for hydroxylation is 2. The maximum Gasteiger partial charge on any atom is 0.307 e. The van der Waals surface area contributed by atoms with E-state index in [-0.39, 0.29) is 5.97 Å². The smallest absolute Gasteiger partial charge is 0.307 e. The lowest BCUT2D eigenvalue weighted by Gasteiger charge is -2.13. The first kappa shape index (κ1) is 19.5. The molecule has 0 bridgehead atoms. The van der Waals surface area contributed by atoms with Crippen LogP contribution in [0.1, 0.15) is 30.3 Å². The third kappa shape index (κ3) is 5.34. The summed E-state index contributed by atoms with van der Waals surface area (Å²) in [4.78, 5) is 15.9. The van der Waals surface area contributed by atoms with E-state index < -0.39 is 0 Å². The zero-order valence-electron chi connectivity index (χ0n) is 15.9. The lowest BCUT2D eigenvalue weighted by atomic mass is 10.2. The van der Waals surface area contributed by atoms with Crippen LogP contribution < -0.4 is 10.6 Å². The Kier molecular flexibility index (Phi) is 7.20. The topological polar surface area (TPSA) is 80.5 Å². The number of para-hydroxylation sites is 1. The van der Waals surface area contributed by atoms with Crippen LogP contribution in [0.3, 0.4) is 0 Å². The van der Waals surface area contributed by atoms with Crippen LogP contribution in [0.15, 0.2) is 35.3 Å². The van der Waals surface area contributed by atoms with Crippen molar-refractivity contribution in [2.45, 2.75) is 33.7 Å². The van der Waals surface area contributed by atoms with Gasteiger partial charge in [0.2, 0.25) is 0 Å². The number of esters is 1. The number of aliphatic imine (C=N–C) groups is 1. The van der Waals surface area contributed by atoms with Crippen molar-refractivity contribution in [3.8, 4) is 5.69 Å². The molecule has 1 heterocycles. The number of carbonyl (C=O) groups is 1. The van der Waals surface area contributed by atoms with E-state index in [4.69, 9.17) is 0 Å². The van der Waals surface area contributed by atoms with Gasteiger partial charge in [-0.15, -0.1) is 0 Å². The van der Waals surface area contributed by atoms with Gasteiger partial charge in [-0.1, -0.05) is 18.2 Å². The van der Waals surface area contributed by atoms with E-state index >= 15 is 0 Å². The van der Waals surface area contributed by atoms with Crippen molar-refractivity contribution in [2.24, 2.45) is 4.99 Å². The summed E-state index contributed by atoms with van der Waals surface area (Å²) in [5.41, 5.74) is 4.16. The van der Waals surface area contributed by atoms with Crippen LogP contribution in [0.4, 0.5) is 0 Å². The molecule has 26 heavy (non-hydrogen) atoms. The molecule has 2 N–H and O–H groups in total. The number of ether oxygens (including phenoxy) is 1. The first-order valence-electron chi connectivity index (χ1n) is 8.75. The maximum atomic E-state index is 11.2. The number of rotatable bonds is 7. The summed E-state index contributed by atoms with van der Waals surface area (Å²) in [6.07, 6.45) is 0.295. The predicted octanol–water partition coefficient (Wildman–Crippen LogP) is 2.11. The Balaban J connectivity index is 2.14. The summed E-state index contributed by atoms with van der Waals surface area (Å²) in [7, 11) is 1.39. The fourth-order valence-electron chi connectivity index (χ4n) is 2.61. The Morgan fingerprint density at radius 1 is 1.27 bits per heavy atom. The minimum atomic E-state index is -0.247. The van der Waals surface area contributed by atoms with Crippen molar-refractivity contribution in [1.29, 1.82) is 0 Å². The van der Waals surface area contributed by atoms with E-state index in [1.165, 1.54) is 7.11 Å². The second-order valence-corrected chi connectivity index (χ2v) is 5.92. The number of guanidine groups is 1. The molecule has 0 aliphatic rings. The molecule has 0 amide bonds. The molecule has 0 spiro atoms. The lowest BCUT2D eigenvalue weighted by Crippen LogP contribution is -2.38. The van der Waals surface area contributed by atoms with Gasteiger partial charge in [0.1, 0.15) is 0 Å². The summed E-state index contributed by atoms with van der Waals surface area (Å²) in [6.45, 7) is 7.74. The standard InChI is InChI=1S/C19H27N5O2/c1-5-20-19(21-11-10-18(25)26-4)22-13-16-8-6-7-9-17(16)24-15(3)12-14(2)23-24/h6-9,12H,5,10-11,13H2,1-4H3,(H2,20,21,22). The van der Waals surface area contributed by atoms with Gasteiger partial charge in [-0.05, 0) is 38.5 Å². The van der Waals surface area contributed by atoms with Crippen molar-refractivity contribution in [2.75, 3.05) is 20.2 Å². The first-order chi connectivity index (χ1) is 12.5. The zero-order valence-corrected chi connectivity index (χ0v) is 15.9. The molecule has 0 unspecified atom stereocenters. The molecule has 7 heteroatoms. The molecule has 2 aromatic rings. The SMILES string of the molecule is CCNC(=NCc1ccccc1-n1nc(C)cc1C)NCCC(=O)OC. The quantitative estimate of drug-likeness (QED) is 0.451. The molecule has 0 radical (unpaired) electrons. The summed E-state index contributed by atoms with van der Waals surface area (Å²) in [5, 5.41) is 10.9. The minimum Gasteiger partial charge on any atom is -0.469 e. The van der Waals surface area contributed by atoms with Crippen molar-refractivity contribution in [3.63, 3.8) is 0 Å². The summed E-state index contributed by atoms with van der Waals surface area (Å²) in [6, 6.07) is 10.1. The van der Waals surface area contributed by atoms with Gasteiger partial charge < -0.3 is 15.4 Å². The number of nitrogens with zero attached hydrogens (tertiary/aromatic N) is 3. The van der Waals surface area contributed by atoms with E-state index in [1.54, 1.807) is 0 Å². The highest BCUT2D eigenvalue weighted by Crippen LogP contribution is 2.17. The van der Waals surface area contributed by atoms with Crippen molar-refractivity contribution in [3.05, 3.63) is 47.3 Å². The van der Waals surface area contributed by atoms with E-state index in [1.807, 2.05) is 49.7 Å². The van der Waals surface area contributed by atoms with Gasteiger partial charge in [0.05, 0.1) is 31.5 Å². The van der Waals surface area contributed by atoms with Crippen molar-refractivity contribution in [1.82, 2.24) is 20.4 Å². The minimum absolute atomic E-state index is 0.247. The predicted molar refractivity (Wildman–Crippen MR) is 102 cm³/mol. The second-order valence-electron chi connectivity index (χ2n) is 5.92. The third-order valence-electron chi connectivity index (χ3n) is 3.83. The Bertz CT molecular complexity index is 767. The van der Waals surface area contributed by atoms with Gasteiger partial charge in [-0.3, -0.25) is 4.79 Å². The molecule has 1 aromatic carbocycles. The highest BCUT2D eigenvalue weighted by atomic mass is 16.5. The molecule has 140 valence electrons. The monoisotopic (exact) mass is 357 g/mol. The molecule has 0 saturated carbocycles. The third-order valence-corrected chi connectivity index (χ3v) is 3.83. The zero-order chi connectivity index (χ0) is 18.9. The van der Waals surface area contributed by atoms with Crippen LogP contribution >= 0.6 is 0 Å². The van der Waals surface area contributed by atoms with Gasteiger partial charge in [0, 0.05) is 18.8 Å². The number of methoxy groups -OCH3 is 1. The van der Waals surface area contributed by atoms with Crippen LogP contribution in [-0.4, -0.2) is 41.9 Å². The van der Waals surface area contributed by atoms with Crippen LogP contribution in [-0.2, 0) is 16.1 Å². The number of hydrogen-bond acceptors (Lipinski definition) is 4. The van der Waals surface area contributed by atoms with Gasteiger partial charge in [-0.25, -0.2) is 9.67 Å². The first-order valence-corrected chi connectivity index (χ1v) is 8.75. The Hall–Kier alpha value is -2.83. The largest absolute Gasteiger partial charge is 0.469 e. The molecule has 0 atom stereocenters. The Labute approximate surface area is 154 Å². The summed E-state index contributed by atoms with van der Waals surface area (Å²) in [5.74, 6) is 0.419. The Morgan fingerprint density at radius 2 is 2.04 bits per heavy atom. The lowest BCUT2D eigenvalue weighted by molar-refractivity contribution is -0.140. The molecule has 0 fully saturated rings. The number of hydrogen-bond donors (Lipinski definition) is 2. The van der Waals surface area contributed by atoms with E-state index in [0.717, 1.165) is 29.2 Å². The van der Waals surface area contributed by atoms with Crippen LogP contribution in [0.2, 0.25) is 0 Å². The fraction of sp³-hybridized carbons (Fsp3) is 0.421. The molecule has 1 aromatic heterocycles. The number of nitrogens with one attached hydrogen (secondary N) is 2. The Morgan fingerprint density at radius 3 is 2.69 bits per heavy atom. The van der Waals surface area contributed by atoms with Crippen LogP contribution in [0.25, 0.3) is 5.69 Å². The van der Waals surface area contributed by atoms with Gasteiger partial charge in [0.15, 0.2) is 5.96 Å². The molecular formula is C19H27N5O2. The van der Waals surface area contributed by atoms with Crippen LogP contribution in [0.5, 0.6) is 0 Å². The normalized spacial score (nSPS) is 11.3. The van der Waals surface area contributed by atoms with Gasteiger partial charge in [-0.2, -0.15) is 5.10 Å². The van der Waals surface area contributed by atoms with E-state index in [0.29, 0.717) is 25.5 Å². The summed E-state index contributed by atoms with van der Waals surface area (Å²) < 4.78 is 6.59. The van der Waals surface area contributed by atoms with Crippen molar-refractivity contribution >= 4 is 11.9 Å². The molecule has 0 saturated heterocycles. The average Bonchev–Trinajstić information content (AvgIpc) is 2.97. The number of benzene rings is 1. The highest BCUT2D eigenvalue weighted by Gasteiger charge is 2.09. The van der Waals surface area contributed by atoms with Crippen LogP contribution in [0, 0.1) is 13.8 Å².